The van der Waals surface area contributed by atoms with E-state index >= 15 is 0 Å². The van der Waals surface area contributed by atoms with Gasteiger partial charge in [0.2, 0.25) is 10.0 Å². The quantitative estimate of drug-likeness (QED) is 0.242. The summed E-state index contributed by atoms with van der Waals surface area (Å²) >= 11 is 1.36. The highest BCUT2D eigenvalue weighted by Crippen LogP contribution is 2.55. The van der Waals surface area contributed by atoms with Crippen molar-refractivity contribution in [3.05, 3.63) is 131 Å². The first kappa shape index (κ1) is 25.9. The van der Waals surface area contributed by atoms with Crippen LogP contribution in [0, 0.1) is 6.92 Å². The first-order valence-corrected chi connectivity index (χ1v) is 14.3. The van der Waals surface area contributed by atoms with Crippen LogP contribution in [0.2, 0.25) is 0 Å². The van der Waals surface area contributed by atoms with Gasteiger partial charge in [-0.1, -0.05) is 91.3 Å². The fraction of sp³-hybridized carbons (Fsp3) is 0.182. The fourth-order valence-corrected chi connectivity index (χ4v) is 6.36. The lowest BCUT2D eigenvalue weighted by Crippen LogP contribution is -2.54. The van der Waals surface area contributed by atoms with Crippen LogP contribution in [-0.2, 0) is 20.9 Å². The topological polar surface area (TPSA) is 57.5 Å². The van der Waals surface area contributed by atoms with Crippen LogP contribution in [0.4, 0.5) is 11.4 Å². The van der Waals surface area contributed by atoms with Crippen LogP contribution in [0.5, 0.6) is 0 Å². The van der Waals surface area contributed by atoms with Crippen LogP contribution in [0.25, 0.3) is 0 Å². The number of rotatable bonds is 6. The number of anilines is 2. The molecule has 7 heteroatoms. The van der Waals surface area contributed by atoms with Gasteiger partial charge in [-0.05, 0) is 61.9 Å². The van der Waals surface area contributed by atoms with Crippen molar-refractivity contribution in [3.8, 4) is 0 Å². The second-order valence-electron chi connectivity index (χ2n) is 9.68. The molecule has 200 valence electrons. The molecule has 0 N–H and O–H groups in total. The molecule has 0 amide bonds. The van der Waals surface area contributed by atoms with Gasteiger partial charge in [-0.15, -0.1) is 0 Å². The second-order valence-corrected chi connectivity index (χ2v) is 10.8. The van der Waals surface area contributed by atoms with Gasteiger partial charge in [0.25, 0.3) is 0 Å². The molecule has 2 aliphatic heterocycles. The van der Waals surface area contributed by atoms with Gasteiger partial charge in [-0.2, -0.15) is 10.2 Å². The number of para-hydroxylation sites is 1. The highest BCUT2D eigenvalue weighted by molar-refractivity contribution is 8.16. The van der Waals surface area contributed by atoms with Crippen molar-refractivity contribution in [3.63, 3.8) is 0 Å². The van der Waals surface area contributed by atoms with Crippen LogP contribution < -0.4 is 10.0 Å². The molecule has 0 saturated heterocycles. The van der Waals surface area contributed by atoms with E-state index in [1.165, 1.54) is 17.3 Å². The number of carbonyl (C=O) groups is 1. The number of thioether (sulfide) groups is 1. The Morgan fingerprint density at radius 2 is 1.45 bits per heavy atom. The summed E-state index contributed by atoms with van der Waals surface area (Å²) in [4.78, 5) is 12.1. The van der Waals surface area contributed by atoms with Crippen LogP contribution in [0.3, 0.4) is 0 Å². The number of nitrogens with zero attached hydrogens (tertiary/aromatic N) is 4. The highest BCUT2D eigenvalue weighted by atomic mass is 32.2. The Hall–Kier alpha value is -4.36. The predicted molar refractivity (Wildman–Crippen MR) is 164 cm³/mol. The standard InChI is InChI=1S/C33H30N4O2S/c1-4-24-17-19-25(20-18-24)30-28-13-9-10-14-29(28)33(36(34-30)26-11-7-6-8-12-26)37(27-21-15-23(3)16-22-27)35-31(40-33)32(38)39-5-2/h6-22H,4-5H2,1-3H3/t33-/m0/s1. The van der Waals surface area contributed by atoms with E-state index in [0.29, 0.717) is 0 Å². The van der Waals surface area contributed by atoms with Crippen molar-refractivity contribution in [1.82, 2.24) is 0 Å². The molecule has 0 aliphatic carbocycles. The fourth-order valence-electron chi connectivity index (χ4n) is 5.08. The Morgan fingerprint density at radius 1 is 0.800 bits per heavy atom. The molecule has 1 atom stereocenters. The van der Waals surface area contributed by atoms with E-state index in [-0.39, 0.29) is 11.7 Å². The maximum atomic E-state index is 13.1. The van der Waals surface area contributed by atoms with Crippen molar-refractivity contribution in [2.75, 3.05) is 16.6 Å². The predicted octanol–water partition coefficient (Wildman–Crippen LogP) is 7.07. The van der Waals surface area contributed by atoms with Crippen molar-refractivity contribution < 1.29 is 9.53 Å². The molecule has 0 unspecified atom stereocenters. The number of benzene rings is 4. The Morgan fingerprint density at radius 3 is 2.15 bits per heavy atom. The summed E-state index contributed by atoms with van der Waals surface area (Å²) in [6.07, 6.45) is 0.971. The molecule has 0 aromatic heterocycles. The summed E-state index contributed by atoms with van der Waals surface area (Å²) < 4.78 is 5.43. The molecule has 1 spiro atoms. The number of fused-ring (bicyclic) bond motifs is 2. The third kappa shape index (κ3) is 4.36. The molecule has 2 heterocycles. The number of carbonyl (C=O) groups excluding carboxylic acids is 1. The van der Waals surface area contributed by atoms with Gasteiger partial charge in [-0.25, -0.2) is 14.8 Å². The van der Waals surface area contributed by atoms with Gasteiger partial charge >= 0.3 is 5.97 Å². The highest BCUT2D eigenvalue weighted by Gasteiger charge is 2.56. The lowest BCUT2D eigenvalue weighted by molar-refractivity contribution is -0.134. The van der Waals surface area contributed by atoms with Crippen LogP contribution in [0.1, 0.15) is 41.7 Å². The minimum absolute atomic E-state index is 0.269. The summed E-state index contributed by atoms with van der Waals surface area (Å²) in [5.41, 5.74) is 8.00. The summed E-state index contributed by atoms with van der Waals surface area (Å²) in [5.74, 6) is -0.447. The minimum atomic E-state index is -1.01. The van der Waals surface area contributed by atoms with Crippen LogP contribution in [0.15, 0.2) is 113 Å². The van der Waals surface area contributed by atoms with Gasteiger partial charge in [0.15, 0.2) is 0 Å². The number of ether oxygens (including phenoxy) is 1. The SMILES string of the molecule is CCOC(=O)C1=NN(c2ccc(C)cc2)[C@]2(S1)c1ccccc1C(c1ccc(CC)cc1)=NN2c1ccccc1. The smallest absolute Gasteiger partial charge is 0.365 e. The number of hydrazone groups is 2. The lowest BCUT2D eigenvalue weighted by atomic mass is 9.92. The molecular weight excluding hydrogens is 516 g/mol. The zero-order chi connectivity index (χ0) is 27.7. The van der Waals surface area contributed by atoms with Crippen molar-refractivity contribution >= 4 is 39.9 Å². The van der Waals surface area contributed by atoms with E-state index in [4.69, 9.17) is 14.9 Å². The maximum absolute atomic E-state index is 13.1. The monoisotopic (exact) mass is 546 g/mol. The Bertz CT molecular complexity index is 1600. The molecule has 4 aromatic carbocycles. The van der Waals surface area contributed by atoms with Crippen molar-refractivity contribution in [2.24, 2.45) is 10.2 Å². The number of hydrogen-bond donors (Lipinski definition) is 0. The average molecular weight is 547 g/mol. The molecule has 40 heavy (non-hydrogen) atoms. The largest absolute Gasteiger partial charge is 0.461 e. The molecule has 0 fully saturated rings. The third-order valence-corrected chi connectivity index (χ3v) is 8.39. The molecule has 2 aliphatic rings. The zero-order valence-corrected chi connectivity index (χ0v) is 23.6. The Kier molecular flexibility index (Phi) is 6.90. The second kappa shape index (κ2) is 10.7. The van der Waals surface area contributed by atoms with Gasteiger partial charge in [0.05, 0.1) is 23.7 Å². The van der Waals surface area contributed by atoms with Gasteiger partial charge in [0.1, 0.15) is 0 Å². The van der Waals surface area contributed by atoms with E-state index in [0.717, 1.165) is 45.8 Å². The molecule has 4 aromatic rings. The first-order valence-electron chi connectivity index (χ1n) is 13.5. The molecule has 6 rings (SSSR count). The van der Waals surface area contributed by atoms with Crippen LogP contribution in [-0.4, -0.2) is 23.3 Å². The van der Waals surface area contributed by atoms with E-state index in [1.807, 2.05) is 64.6 Å². The Balaban J connectivity index is 1.62. The zero-order valence-electron chi connectivity index (χ0n) is 22.7. The molecule has 0 radical (unpaired) electrons. The maximum Gasteiger partial charge on any atom is 0.365 e. The summed E-state index contributed by atoms with van der Waals surface area (Å²) in [5, 5.41) is 14.4. The lowest BCUT2D eigenvalue weighted by Gasteiger charge is -2.47. The first-order chi connectivity index (χ1) is 19.5. The molecule has 0 saturated carbocycles. The normalized spacial score (nSPS) is 17.9. The van der Waals surface area contributed by atoms with E-state index in [2.05, 4.69) is 62.4 Å². The Labute approximate surface area is 239 Å². The molecule has 0 bridgehead atoms. The number of hydrogen-bond acceptors (Lipinski definition) is 7. The summed E-state index contributed by atoms with van der Waals surface area (Å²) in [6, 6.07) is 35.1. The summed E-state index contributed by atoms with van der Waals surface area (Å²) in [7, 11) is 0. The molecular formula is C33H30N4O2S. The summed E-state index contributed by atoms with van der Waals surface area (Å²) in [6.45, 7) is 6.28. The van der Waals surface area contributed by atoms with Gasteiger partial charge in [-0.3, -0.25) is 0 Å². The molecule has 6 nitrogen and oxygen atoms in total. The van der Waals surface area contributed by atoms with E-state index in [9.17, 15) is 4.79 Å². The number of aryl methyl sites for hydroxylation is 2. The van der Waals surface area contributed by atoms with E-state index in [1.54, 1.807) is 6.92 Å². The van der Waals surface area contributed by atoms with E-state index < -0.39 is 11.0 Å². The number of esters is 1. The van der Waals surface area contributed by atoms with Gasteiger partial charge < -0.3 is 4.74 Å². The van der Waals surface area contributed by atoms with Crippen molar-refractivity contribution in [2.45, 2.75) is 32.2 Å². The van der Waals surface area contributed by atoms with Crippen molar-refractivity contribution in [1.29, 1.82) is 0 Å². The van der Waals surface area contributed by atoms with Gasteiger partial charge in [0, 0.05) is 16.7 Å². The average Bonchev–Trinajstić information content (AvgIpc) is 3.39. The minimum Gasteiger partial charge on any atom is -0.461 e. The van der Waals surface area contributed by atoms with Crippen LogP contribution >= 0.6 is 11.8 Å². The third-order valence-electron chi connectivity index (χ3n) is 7.10.